The van der Waals surface area contributed by atoms with Crippen molar-refractivity contribution in [1.82, 2.24) is 15.1 Å². The first-order valence-corrected chi connectivity index (χ1v) is 5.02. The SMILES string of the molecule is CCCOCC(NC)c1ccnn1C. The van der Waals surface area contributed by atoms with Gasteiger partial charge in [0.05, 0.1) is 18.3 Å². The van der Waals surface area contributed by atoms with Gasteiger partial charge < -0.3 is 10.1 Å². The van der Waals surface area contributed by atoms with Crippen molar-refractivity contribution in [2.24, 2.45) is 7.05 Å². The molecule has 1 rings (SSSR count). The van der Waals surface area contributed by atoms with E-state index in [1.165, 1.54) is 0 Å². The van der Waals surface area contributed by atoms with Crippen molar-refractivity contribution >= 4 is 0 Å². The van der Waals surface area contributed by atoms with E-state index in [4.69, 9.17) is 4.74 Å². The summed E-state index contributed by atoms with van der Waals surface area (Å²) in [5, 5.41) is 7.35. The summed E-state index contributed by atoms with van der Waals surface area (Å²) in [4.78, 5) is 0. The summed E-state index contributed by atoms with van der Waals surface area (Å²) in [5.41, 5.74) is 1.16. The second kappa shape index (κ2) is 5.78. The molecule has 0 saturated heterocycles. The lowest BCUT2D eigenvalue weighted by molar-refractivity contribution is 0.112. The predicted molar refractivity (Wildman–Crippen MR) is 56.1 cm³/mol. The van der Waals surface area contributed by atoms with E-state index in [9.17, 15) is 0 Å². The van der Waals surface area contributed by atoms with Crippen molar-refractivity contribution in [3.8, 4) is 0 Å². The van der Waals surface area contributed by atoms with E-state index >= 15 is 0 Å². The van der Waals surface area contributed by atoms with E-state index in [2.05, 4.69) is 17.3 Å². The van der Waals surface area contributed by atoms with Crippen LogP contribution in [0.4, 0.5) is 0 Å². The monoisotopic (exact) mass is 197 g/mol. The molecule has 1 aromatic rings. The molecule has 1 heterocycles. The Balaban J connectivity index is 2.50. The average molecular weight is 197 g/mol. The highest BCUT2D eigenvalue weighted by atomic mass is 16.5. The Kier molecular flexibility index (Phi) is 4.62. The van der Waals surface area contributed by atoms with Crippen LogP contribution in [0.15, 0.2) is 12.3 Å². The molecule has 0 spiro atoms. The Morgan fingerprint density at radius 3 is 2.93 bits per heavy atom. The first kappa shape index (κ1) is 11.2. The van der Waals surface area contributed by atoms with Crippen molar-refractivity contribution in [2.45, 2.75) is 19.4 Å². The van der Waals surface area contributed by atoms with Gasteiger partial charge in [0.2, 0.25) is 0 Å². The van der Waals surface area contributed by atoms with Gasteiger partial charge in [-0.3, -0.25) is 4.68 Å². The minimum Gasteiger partial charge on any atom is -0.379 e. The quantitative estimate of drug-likeness (QED) is 0.694. The first-order chi connectivity index (χ1) is 6.79. The molecule has 0 saturated carbocycles. The van der Waals surface area contributed by atoms with Crippen LogP contribution < -0.4 is 5.32 Å². The summed E-state index contributed by atoms with van der Waals surface area (Å²) < 4.78 is 7.38. The second-order valence-corrected chi connectivity index (χ2v) is 3.30. The highest BCUT2D eigenvalue weighted by molar-refractivity contribution is 5.06. The normalized spacial score (nSPS) is 13.1. The third-order valence-corrected chi connectivity index (χ3v) is 2.20. The average Bonchev–Trinajstić information content (AvgIpc) is 2.60. The number of aromatic nitrogens is 2. The molecule has 0 fully saturated rings. The molecule has 0 bridgehead atoms. The molecule has 0 aliphatic rings. The molecule has 0 aliphatic carbocycles. The molecule has 0 radical (unpaired) electrons. The Hall–Kier alpha value is -0.870. The number of hydrogen-bond donors (Lipinski definition) is 1. The largest absolute Gasteiger partial charge is 0.379 e. The molecule has 0 aliphatic heterocycles. The van der Waals surface area contributed by atoms with Gasteiger partial charge in [-0.15, -0.1) is 0 Å². The van der Waals surface area contributed by atoms with Crippen molar-refractivity contribution in [2.75, 3.05) is 20.3 Å². The van der Waals surface area contributed by atoms with E-state index in [1.54, 1.807) is 6.20 Å². The summed E-state index contributed by atoms with van der Waals surface area (Å²) in [6, 6.07) is 2.24. The first-order valence-electron chi connectivity index (χ1n) is 5.02. The molecule has 14 heavy (non-hydrogen) atoms. The number of nitrogens with zero attached hydrogens (tertiary/aromatic N) is 2. The molecule has 4 nitrogen and oxygen atoms in total. The number of aryl methyl sites for hydroxylation is 1. The summed E-state index contributed by atoms with van der Waals surface area (Å²) >= 11 is 0. The number of rotatable bonds is 6. The van der Waals surface area contributed by atoms with E-state index < -0.39 is 0 Å². The van der Waals surface area contributed by atoms with Crippen LogP contribution in [0.1, 0.15) is 25.1 Å². The minimum absolute atomic E-state index is 0.231. The number of ether oxygens (including phenoxy) is 1. The van der Waals surface area contributed by atoms with Gasteiger partial charge in [-0.05, 0) is 19.5 Å². The van der Waals surface area contributed by atoms with E-state index in [1.807, 2.05) is 24.8 Å². The van der Waals surface area contributed by atoms with Gasteiger partial charge in [0.15, 0.2) is 0 Å². The number of hydrogen-bond acceptors (Lipinski definition) is 3. The Labute approximate surface area is 85.3 Å². The van der Waals surface area contributed by atoms with Crippen molar-refractivity contribution in [3.63, 3.8) is 0 Å². The summed E-state index contributed by atoms with van der Waals surface area (Å²) in [5.74, 6) is 0. The second-order valence-electron chi connectivity index (χ2n) is 3.30. The zero-order valence-electron chi connectivity index (χ0n) is 9.16. The standard InChI is InChI=1S/C10H19N3O/c1-4-7-14-8-9(11-2)10-5-6-12-13(10)3/h5-6,9,11H,4,7-8H2,1-3H3. The predicted octanol–water partition coefficient (Wildman–Crippen LogP) is 1.11. The van der Waals surface area contributed by atoms with Crippen LogP contribution in [0, 0.1) is 0 Å². The maximum absolute atomic E-state index is 5.51. The van der Waals surface area contributed by atoms with Gasteiger partial charge in [0.1, 0.15) is 0 Å². The van der Waals surface area contributed by atoms with Crippen molar-refractivity contribution < 1.29 is 4.74 Å². The van der Waals surface area contributed by atoms with Crippen LogP contribution in [0.2, 0.25) is 0 Å². The molecule has 1 N–H and O–H groups in total. The van der Waals surface area contributed by atoms with Gasteiger partial charge >= 0.3 is 0 Å². The zero-order chi connectivity index (χ0) is 10.4. The topological polar surface area (TPSA) is 39.1 Å². The minimum atomic E-state index is 0.231. The Bertz CT molecular complexity index is 260. The fourth-order valence-corrected chi connectivity index (χ4v) is 1.39. The molecular weight excluding hydrogens is 178 g/mol. The van der Waals surface area contributed by atoms with Crippen LogP contribution in [-0.2, 0) is 11.8 Å². The van der Waals surface area contributed by atoms with Crippen LogP contribution in [0.3, 0.4) is 0 Å². The molecule has 1 unspecified atom stereocenters. The Morgan fingerprint density at radius 1 is 1.64 bits per heavy atom. The molecule has 1 atom stereocenters. The zero-order valence-corrected chi connectivity index (χ0v) is 9.16. The highest BCUT2D eigenvalue weighted by Crippen LogP contribution is 2.11. The van der Waals surface area contributed by atoms with Gasteiger partial charge in [0, 0.05) is 19.9 Å². The fourth-order valence-electron chi connectivity index (χ4n) is 1.39. The van der Waals surface area contributed by atoms with E-state index in [0.717, 1.165) is 18.7 Å². The molecule has 0 amide bonds. The van der Waals surface area contributed by atoms with E-state index in [-0.39, 0.29) is 6.04 Å². The highest BCUT2D eigenvalue weighted by Gasteiger charge is 2.12. The molecule has 4 heteroatoms. The van der Waals surface area contributed by atoms with Crippen LogP contribution in [0.25, 0.3) is 0 Å². The van der Waals surface area contributed by atoms with E-state index in [0.29, 0.717) is 6.61 Å². The Morgan fingerprint density at radius 2 is 2.43 bits per heavy atom. The number of nitrogens with one attached hydrogen (secondary N) is 1. The molecule has 80 valence electrons. The smallest absolute Gasteiger partial charge is 0.0727 e. The summed E-state index contributed by atoms with van der Waals surface area (Å²) in [6.45, 7) is 3.62. The molecule has 1 aromatic heterocycles. The molecule has 0 aromatic carbocycles. The molecular formula is C10H19N3O. The van der Waals surface area contributed by atoms with Crippen molar-refractivity contribution in [1.29, 1.82) is 0 Å². The third kappa shape index (κ3) is 2.82. The fraction of sp³-hybridized carbons (Fsp3) is 0.700. The lowest BCUT2D eigenvalue weighted by Gasteiger charge is -2.16. The van der Waals surface area contributed by atoms with Crippen LogP contribution in [-0.4, -0.2) is 30.0 Å². The number of likely N-dealkylation sites (N-methyl/N-ethyl adjacent to an activating group) is 1. The lowest BCUT2D eigenvalue weighted by Crippen LogP contribution is -2.24. The summed E-state index contributed by atoms with van der Waals surface area (Å²) in [6.07, 6.45) is 2.86. The lowest BCUT2D eigenvalue weighted by atomic mass is 10.2. The van der Waals surface area contributed by atoms with Crippen LogP contribution in [0.5, 0.6) is 0 Å². The third-order valence-electron chi connectivity index (χ3n) is 2.20. The maximum atomic E-state index is 5.51. The summed E-state index contributed by atoms with van der Waals surface area (Å²) in [7, 11) is 3.88. The van der Waals surface area contributed by atoms with Gasteiger partial charge in [-0.1, -0.05) is 6.92 Å². The van der Waals surface area contributed by atoms with Crippen LogP contribution >= 0.6 is 0 Å². The van der Waals surface area contributed by atoms with Gasteiger partial charge in [-0.2, -0.15) is 5.10 Å². The maximum Gasteiger partial charge on any atom is 0.0727 e. The van der Waals surface area contributed by atoms with Crippen molar-refractivity contribution in [3.05, 3.63) is 18.0 Å². The van der Waals surface area contributed by atoms with Gasteiger partial charge in [0.25, 0.3) is 0 Å². The van der Waals surface area contributed by atoms with Gasteiger partial charge in [-0.25, -0.2) is 0 Å².